The van der Waals surface area contributed by atoms with E-state index in [0.29, 0.717) is 24.1 Å². The highest BCUT2D eigenvalue weighted by Gasteiger charge is 2.59. The fourth-order valence-corrected chi connectivity index (χ4v) is 5.04. The van der Waals surface area contributed by atoms with Crippen molar-refractivity contribution >= 4 is 0 Å². The lowest BCUT2D eigenvalue weighted by Gasteiger charge is -2.56. The number of hydrogen-bond donors (Lipinski definition) is 1. The van der Waals surface area contributed by atoms with Crippen LogP contribution in [-0.2, 0) is 11.3 Å². The molecule has 3 aliphatic rings. The van der Waals surface area contributed by atoms with Gasteiger partial charge in [-0.05, 0) is 38.4 Å². The van der Waals surface area contributed by atoms with Crippen LogP contribution in [0.25, 0.3) is 0 Å². The Morgan fingerprint density at radius 3 is 2.71 bits per heavy atom. The van der Waals surface area contributed by atoms with Crippen molar-refractivity contribution in [2.45, 2.75) is 57.8 Å². The predicted molar refractivity (Wildman–Crippen MR) is 93.3 cm³/mol. The van der Waals surface area contributed by atoms with Gasteiger partial charge < -0.3 is 10.1 Å². The molecule has 2 aliphatic heterocycles. The summed E-state index contributed by atoms with van der Waals surface area (Å²) in [6.45, 7) is 8.42. The first-order chi connectivity index (χ1) is 11.6. The maximum absolute atomic E-state index is 13.8. The highest BCUT2D eigenvalue weighted by atomic mass is 19.1. The molecule has 0 amide bonds. The van der Waals surface area contributed by atoms with E-state index in [-0.39, 0.29) is 11.2 Å². The van der Waals surface area contributed by atoms with Gasteiger partial charge in [-0.2, -0.15) is 0 Å². The lowest BCUT2D eigenvalue weighted by molar-refractivity contribution is -0.116. The number of nitrogens with one attached hydrogen (secondary N) is 1. The van der Waals surface area contributed by atoms with E-state index >= 15 is 0 Å². The van der Waals surface area contributed by atoms with Crippen LogP contribution in [0, 0.1) is 17.2 Å². The van der Waals surface area contributed by atoms with Crippen molar-refractivity contribution in [1.82, 2.24) is 10.2 Å². The van der Waals surface area contributed by atoms with Gasteiger partial charge in [0, 0.05) is 42.1 Å². The number of ether oxygens (including phenoxy) is 1. The van der Waals surface area contributed by atoms with E-state index in [4.69, 9.17) is 4.74 Å². The first-order valence-corrected chi connectivity index (χ1v) is 9.39. The third-order valence-electron chi connectivity index (χ3n) is 6.46. The quantitative estimate of drug-likeness (QED) is 0.916. The number of nitrogens with zero attached hydrogens (tertiary/aromatic N) is 1. The Kier molecular flexibility index (Phi) is 4.40. The highest BCUT2D eigenvalue weighted by Crippen LogP contribution is 2.52. The lowest BCUT2D eigenvalue weighted by Crippen LogP contribution is -2.67. The summed E-state index contributed by atoms with van der Waals surface area (Å²) in [5.41, 5.74) is 1.07. The van der Waals surface area contributed by atoms with Gasteiger partial charge in [-0.15, -0.1) is 0 Å². The summed E-state index contributed by atoms with van der Waals surface area (Å²) in [6.07, 6.45) is 3.97. The zero-order chi connectivity index (χ0) is 16.7. The molecule has 2 heterocycles. The molecule has 0 radical (unpaired) electrons. The smallest absolute Gasteiger partial charge is 0.127 e. The van der Waals surface area contributed by atoms with E-state index in [2.05, 4.69) is 24.1 Å². The van der Waals surface area contributed by atoms with E-state index in [9.17, 15) is 4.39 Å². The number of halogens is 1. The number of piperidine rings is 1. The monoisotopic (exact) mass is 332 g/mol. The van der Waals surface area contributed by atoms with Gasteiger partial charge in [-0.1, -0.05) is 32.0 Å². The molecular formula is C20H29FN2O. The fourth-order valence-electron chi connectivity index (χ4n) is 5.04. The average Bonchev–Trinajstić information content (AvgIpc) is 3.03. The van der Waals surface area contributed by atoms with Gasteiger partial charge in [0.1, 0.15) is 5.82 Å². The van der Waals surface area contributed by atoms with Crippen LogP contribution in [0.2, 0.25) is 0 Å². The highest BCUT2D eigenvalue weighted by molar-refractivity contribution is 5.17. The molecule has 1 aromatic rings. The first kappa shape index (κ1) is 16.5. The van der Waals surface area contributed by atoms with Gasteiger partial charge in [-0.25, -0.2) is 4.39 Å². The van der Waals surface area contributed by atoms with Crippen LogP contribution in [0.1, 0.15) is 38.7 Å². The summed E-state index contributed by atoms with van der Waals surface area (Å²) in [5.74, 6) is 0.623. The Bertz CT molecular complexity index is 583. The number of benzene rings is 1. The molecule has 0 spiro atoms. The normalized spacial score (nSPS) is 33.2. The Morgan fingerprint density at radius 1 is 1.21 bits per heavy atom. The third kappa shape index (κ3) is 2.89. The summed E-state index contributed by atoms with van der Waals surface area (Å²) < 4.78 is 19.7. The molecule has 0 bridgehead atoms. The summed E-state index contributed by atoms with van der Waals surface area (Å²) in [5, 5.41) is 3.93. The maximum atomic E-state index is 13.8. The van der Waals surface area contributed by atoms with Crippen LogP contribution < -0.4 is 5.32 Å². The van der Waals surface area contributed by atoms with Crippen LogP contribution in [0.5, 0.6) is 0 Å². The van der Waals surface area contributed by atoms with Gasteiger partial charge in [0.25, 0.3) is 0 Å². The van der Waals surface area contributed by atoms with Gasteiger partial charge in [0.05, 0.1) is 6.10 Å². The van der Waals surface area contributed by atoms with Crippen molar-refractivity contribution in [1.29, 1.82) is 0 Å². The van der Waals surface area contributed by atoms with E-state index in [1.165, 1.54) is 6.42 Å². The average molecular weight is 332 g/mol. The fraction of sp³-hybridized carbons (Fsp3) is 0.700. The zero-order valence-electron chi connectivity index (χ0n) is 14.8. The molecule has 24 heavy (non-hydrogen) atoms. The minimum Gasteiger partial charge on any atom is -0.377 e. The standard InChI is InChI=1S/C20H29FN2O/c1-20(2)18(16-9-12-24-19(16)20)22-15-7-10-23(11-8-15)13-14-5-3-4-6-17(14)21/h3-6,15-16,18-19,22H,7-13H2,1-2H3/t16-,18-,19-/m1/s1. The molecule has 1 saturated carbocycles. The molecule has 1 aromatic carbocycles. The van der Waals surface area contributed by atoms with Crippen molar-refractivity contribution in [3.63, 3.8) is 0 Å². The molecule has 1 N–H and O–H groups in total. The molecule has 0 unspecified atom stereocenters. The van der Waals surface area contributed by atoms with E-state index in [0.717, 1.165) is 44.6 Å². The molecule has 1 aliphatic carbocycles. The number of rotatable bonds is 4. The van der Waals surface area contributed by atoms with Crippen LogP contribution in [-0.4, -0.2) is 42.8 Å². The van der Waals surface area contributed by atoms with Crippen molar-refractivity contribution in [3.05, 3.63) is 35.6 Å². The predicted octanol–water partition coefficient (Wildman–Crippen LogP) is 3.19. The number of likely N-dealkylation sites (tertiary alicyclic amines) is 1. The molecule has 0 aromatic heterocycles. The largest absolute Gasteiger partial charge is 0.377 e. The van der Waals surface area contributed by atoms with Crippen LogP contribution in [0.4, 0.5) is 4.39 Å². The second-order valence-electron chi connectivity index (χ2n) is 8.35. The first-order valence-electron chi connectivity index (χ1n) is 9.39. The van der Waals surface area contributed by atoms with Crippen molar-refractivity contribution in [2.75, 3.05) is 19.7 Å². The Balaban J connectivity index is 1.28. The molecule has 4 rings (SSSR count). The van der Waals surface area contributed by atoms with Gasteiger partial charge in [0.2, 0.25) is 0 Å². The minimum atomic E-state index is -0.0822. The summed E-state index contributed by atoms with van der Waals surface area (Å²) in [7, 11) is 0. The van der Waals surface area contributed by atoms with Gasteiger partial charge in [0.15, 0.2) is 0 Å². The van der Waals surface area contributed by atoms with E-state index in [1.807, 2.05) is 12.1 Å². The van der Waals surface area contributed by atoms with Crippen molar-refractivity contribution in [2.24, 2.45) is 11.3 Å². The second-order valence-corrected chi connectivity index (χ2v) is 8.35. The lowest BCUT2D eigenvalue weighted by atomic mass is 9.57. The Labute approximate surface area is 144 Å². The molecule has 2 saturated heterocycles. The van der Waals surface area contributed by atoms with Crippen LogP contribution in [0.15, 0.2) is 24.3 Å². The number of hydrogen-bond acceptors (Lipinski definition) is 3. The van der Waals surface area contributed by atoms with Crippen LogP contribution in [0.3, 0.4) is 0 Å². The summed E-state index contributed by atoms with van der Waals surface area (Å²) in [4.78, 5) is 2.38. The third-order valence-corrected chi connectivity index (χ3v) is 6.46. The molecule has 132 valence electrons. The maximum Gasteiger partial charge on any atom is 0.127 e. The topological polar surface area (TPSA) is 24.5 Å². The number of fused-ring (bicyclic) bond motifs is 1. The minimum absolute atomic E-state index is 0.0822. The summed E-state index contributed by atoms with van der Waals surface area (Å²) in [6, 6.07) is 8.32. The second kappa shape index (κ2) is 6.40. The molecule has 3 fully saturated rings. The Morgan fingerprint density at radius 2 is 1.96 bits per heavy atom. The van der Waals surface area contributed by atoms with Crippen molar-refractivity contribution in [3.8, 4) is 0 Å². The molecule has 3 nitrogen and oxygen atoms in total. The van der Waals surface area contributed by atoms with Gasteiger partial charge >= 0.3 is 0 Å². The zero-order valence-corrected chi connectivity index (χ0v) is 14.8. The molecule has 4 heteroatoms. The Hall–Kier alpha value is -0.970. The molecular weight excluding hydrogens is 303 g/mol. The van der Waals surface area contributed by atoms with Crippen molar-refractivity contribution < 1.29 is 9.13 Å². The van der Waals surface area contributed by atoms with Crippen LogP contribution >= 0.6 is 0 Å². The van der Waals surface area contributed by atoms with E-state index in [1.54, 1.807) is 12.1 Å². The van der Waals surface area contributed by atoms with E-state index < -0.39 is 0 Å². The molecule has 3 atom stereocenters. The SMILES string of the molecule is CC1(C)[C@H](NC2CCN(Cc3ccccc3F)CC2)[C@H]2CCO[C@H]21. The van der Waals surface area contributed by atoms with Gasteiger partial charge in [-0.3, -0.25) is 4.90 Å². The summed E-state index contributed by atoms with van der Waals surface area (Å²) >= 11 is 0.